The first-order valence-electron chi connectivity index (χ1n) is 8.27. The molecule has 0 aliphatic rings. The average molecular weight is 341 g/mol. The average Bonchev–Trinajstić information content (AvgIpc) is 2.62. The Balaban J connectivity index is 2.06. The van der Waals surface area contributed by atoms with E-state index >= 15 is 0 Å². The zero-order chi connectivity index (χ0) is 18.2. The molecule has 0 bridgehead atoms. The third-order valence-corrected chi connectivity index (χ3v) is 3.99. The van der Waals surface area contributed by atoms with Gasteiger partial charge in [-0.25, -0.2) is 9.59 Å². The number of aryl methyl sites for hydroxylation is 1. The van der Waals surface area contributed by atoms with E-state index in [0.29, 0.717) is 0 Å². The highest BCUT2D eigenvalue weighted by molar-refractivity contribution is 5.80. The van der Waals surface area contributed by atoms with Crippen LogP contribution in [-0.4, -0.2) is 34.7 Å². The van der Waals surface area contributed by atoms with Crippen LogP contribution in [0, 0.1) is 6.92 Å². The Bertz CT molecular complexity index is 697. The van der Waals surface area contributed by atoms with Crippen LogP contribution in [0.2, 0.25) is 0 Å². The van der Waals surface area contributed by atoms with Gasteiger partial charge in [-0.1, -0.05) is 60.2 Å². The number of nitrogens with zero attached hydrogens (tertiary/aromatic N) is 1. The van der Waals surface area contributed by atoms with Crippen LogP contribution in [0.1, 0.15) is 23.6 Å². The Kier molecular flexibility index (Phi) is 6.57. The van der Waals surface area contributed by atoms with E-state index in [4.69, 9.17) is 4.74 Å². The van der Waals surface area contributed by atoms with Crippen LogP contribution in [-0.2, 0) is 22.6 Å². The van der Waals surface area contributed by atoms with E-state index in [1.54, 1.807) is 6.92 Å². The second-order valence-corrected chi connectivity index (χ2v) is 5.87. The van der Waals surface area contributed by atoms with Gasteiger partial charge in [0.05, 0.1) is 0 Å². The van der Waals surface area contributed by atoms with Crippen molar-refractivity contribution in [3.05, 3.63) is 71.3 Å². The van der Waals surface area contributed by atoms with Crippen molar-refractivity contribution in [2.24, 2.45) is 0 Å². The van der Waals surface area contributed by atoms with Gasteiger partial charge < -0.3 is 9.84 Å². The first-order valence-corrected chi connectivity index (χ1v) is 8.27. The van der Waals surface area contributed by atoms with Gasteiger partial charge in [0.15, 0.2) is 0 Å². The topological polar surface area (TPSA) is 66.8 Å². The first-order chi connectivity index (χ1) is 12.0. The van der Waals surface area contributed by atoms with Gasteiger partial charge in [0, 0.05) is 13.0 Å². The Labute approximate surface area is 147 Å². The molecule has 0 saturated carbocycles. The number of carbonyl (C=O) groups excluding carboxylic acids is 1. The minimum Gasteiger partial charge on any atom is -0.480 e. The standard InChI is InChI=1S/C20H23NO4/c1-3-21(20(24)25-14-17-7-5-4-6-8-17)18(19(22)23)13-16-11-9-15(2)10-12-16/h4-12,18H,3,13-14H2,1-2H3,(H,22,23). The van der Waals surface area contributed by atoms with E-state index < -0.39 is 18.1 Å². The Hall–Kier alpha value is -2.82. The fourth-order valence-corrected chi connectivity index (χ4v) is 2.56. The number of hydrogen-bond acceptors (Lipinski definition) is 3. The molecule has 0 heterocycles. The van der Waals surface area contributed by atoms with Gasteiger partial charge in [-0.2, -0.15) is 0 Å². The second-order valence-electron chi connectivity index (χ2n) is 5.87. The van der Waals surface area contributed by atoms with Crippen molar-refractivity contribution in [3.8, 4) is 0 Å². The summed E-state index contributed by atoms with van der Waals surface area (Å²) in [4.78, 5) is 25.3. The fourth-order valence-electron chi connectivity index (χ4n) is 2.56. The summed E-state index contributed by atoms with van der Waals surface area (Å²) < 4.78 is 5.29. The van der Waals surface area contributed by atoms with E-state index in [2.05, 4.69) is 0 Å². The maximum Gasteiger partial charge on any atom is 0.410 e. The minimum absolute atomic E-state index is 0.118. The van der Waals surface area contributed by atoms with Crippen molar-refractivity contribution in [2.75, 3.05) is 6.54 Å². The Morgan fingerprint density at radius 3 is 2.24 bits per heavy atom. The molecule has 1 atom stereocenters. The SMILES string of the molecule is CCN(C(=O)OCc1ccccc1)C(Cc1ccc(C)cc1)C(=O)O. The van der Waals surface area contributed by atoms with Crippen molar-refractivity contribution in [2.45, 2.75) is 32.9 Å². The molecule has 0 aliphatic carbocycles. The molecule has 0 aromatic heterocycles. The zero-order valence-electron chi connectivity index (χ0n) is 14.5. The number of carbonyl (C=O) groups is 2. The van der Waals surface area contributed by atoms with Crippen LogP contribution in [0.5, 0.6) is 0 Å². The van der Waals surface area contributed by atoms with E-state index in [0.717, 1.165) is 16.7 Å². The largest absolute Gasteiger partial charge is 0.480 e. The van der Waals surface area contributed by atoms with Crippen molar-refractivity contribution >= 4 is 12.1 Å². The summed E-state index contributed by atoms with van der Waals surface area (Å²) in [6.07, 6.45) is -0.380. The molecule has 2 rings (SSSR count). The second kappa shape index (κ2) is 8.87. The molecule has 0 aliphatic heterocycles. The number of aliphatic carboxylic acids is 1. The van der Waals surface area contributed by atoms with Crippen molar-refractivity contribution in [1.82, 2.24) is 4.90 Å². The lowest BCUT2D eigenvalue weighted by atomic mass is 10.0. The molecule has 0 fully saturated rings. The molecule has 1 N–H and O–H groups in total. The highest BCUT2D eigenvalue weighted by Crippen LogP contribution is 2.13. The number of carboxylic acid groups (broad SMARTS) is 1. The van der Waals surface area contributed by atoms with Gasteiger partial charge in [0.25, 0.3) is 0 Å². The Morgan fingerprint density at radius 2 is 1.68 bits per heavy atom. The molecule has 2 aromatic carbocycles. The van der Waals surface area contributed by atoms with Crippen molar-refractivity contribution in [3.63, 3.8) is 0 Å². The van der Waals surface area contributed by atoms with Crippen LogP contribution < -0.4 is 0 Å². The van der Waals surface area contributed by atoms with E-state index in [-0.39, 0.29) is 19.6 Å². The number of hydrogen-bond donors (Lipinski definition) is 1. The molecule has 0 spiro atoms. The van der Waals surface area contributed by atoms with Crippen LogP contribution >= 0.6 is 0 Å². The zero-order valence-corrected chi connectivity index (χ0v) is 14.5. The monoisotopic (exact) mass is 341 g/mol. The molecule has 25 heavy (non-hydrogen) atoms. The van der Waals surface area contributed by atoms with Gasteiger partial charge in [-0.05, 0) is 25.0 Å². The number of carboxylic acids is 1. The molecule has 0 radical (unpaired) electrons. The number of rotatable bonds is 7. The highest BCUT2D eigenvalue weighted by atomic mass is 16.6. The fraction of sp³-hybridized carbons (Fsp3) is 0.300. The lowest BCUT2D eigenvalue weighted by Crippen LogP contribution is -2.46. The molecule has 1 amide bonds. The minimum atomic E-state index is -1.04. The predicted octanol–water partition coefficient (Wildman–Crippen LogP) is 3.65. The molecule has 1 unspecified atom stereocenters. The number of likely N-dealkylation sites (N-methyl/N-ethyl adjacent to an activating group) is 1. The molecule has 132 valence electrons. The van der Waals surface area contributed by atoms with Crippen LogP contribution in [0.3, 0.4) is 0 Å². The third kappa shape index (κ3) is 5.35. The molecular weight excluding hydrogens is 318 g/mol. The van der Waals surface area contributed by atoms with Gasteiger partial charge in [-0.3, -0.25) is 4.90 Å². The number of ether oxygens (including phenoxy) is 1. The molecule has 5 heteroatoms. The first kappa shape index (κ1) is 18.5. The smallest absolute Gasteiger partial charge is 0.410 e. The molecule has 0 saturated heterocycles. The lowest BCUT2D eigenvalue weighted by Gasteiger charge is -2.27. The van der Waals surface area contributed by atoms with Gasteiger partial charge in [-0.15, -0.1) is 0 Å². The summed E-state index contributed by atoms with van der Waals surface area (Å²) in [5.74, 6) is -1.04. The normalized spacial score (nSPS) is 11.6. The van der Waals surface area contributed by atoms with Gasteiger partial charge >= 0.3 is 12.1 Å². The van der Waals surface area contributed by atoms with E-state index in [1.165, 1.54) is 4.90 Å². The van der Waals surface area contributed by atoms with Gasteiger partial charge in [0.1, 0.15) is 12.6 Å². The van der Waals surface area contributed by atoms with Crippen molar-refractivity contribution in [1.29, 1.82) is 0 Å². The maximum absolute atomic E-state index is 12.4. The summed E-state index contributed by atoms with van der Waals surface area (Å²) in [7, 11) is 0. The number of amides is 1. The third-order valence-electron chi connectivity index (χ3n) is 3.99. The molecule has 2 aromatic rings. The van der Waals surface area contributed by atoms with E-state index in [1.807, 2.05) is 61.5 Å². The summed E-state index contributed by atoms with van der Waals surface area (Å²) in [6, 6.07) is 16.0. The highest BCUT2D eigenvalue weighted by Gasteiger charge is 2.29. The lowest BCUT2D eigenvalue weighted by molar-refractivity contribution is -0.142. The van der Waals surface area contributed by atoms with E-state index in [9.17, 15) is 14.7 Å². The van der Waals surface area contributed by atoms with Crippen molar-refractivity contribution < 1.29 is 19.4 Å². The molecule has 5 nitrogen and oxygen atoms in total. The van der Waals surface area contributed by atoms with Crippen LogP contribution in [0.25, 0.3) is 0 Å². The van der Waals surface area contributed by atoms with Crippen LogP contribution in [0.15, 0.2) is 54.6 Å². The number of benzene rings is 2. The quantitative estimate of drug-likeness (QED) is 0.835. The maximum atomic E-state index is 12.4. The van der Waals surface area contributed by atoms with Crippen LogP contribution in [0.4, 0.5) is 4.79 Å². The summed E-state index contributed by atoms with van der Waals surface area (Å²) >= 11 is 0. The summed E-state index contributed by atoms with van der Waals surface area (Å²) in [6.45, 7) is 4.09. The molecular formula is C20H23NO4. The predicted molar refractivity (Wildman–Crippen MR) is 95.3 cm³/mol. The Morgan fingerprint density at radius 1 is 1.04 bits per heavy atom. The summed E-state index contributed by atoms with van der Waals surface area (Å²) in [5.41, 5.74) is 2.83. The van der Waals surface area contributed by atoms with Gasteiger partial charge in [0.2, 0.25) is 0 Å². The summed E-state index contributed by atoms with van der Waals surface area (Å²) in [5, 5.41) is 9.58.